The summed E-state index contributed by atoms with van der Waals surface area (Å²) in [5.41, 5.74) is 0.230. The monoisotopic (exact) mass is 290 g/mol. The first-order valence-corrected chi connectivity index (χ1v) is 6.73. The highest BCUT2D eigenvalue weighted by molar-refractivity contribution is 5.98. The average molecular weight is 290 g/mol. The van der Waals surface area contributed by atoms with E-state index in [0.717, 1.165) is 0 Å². The first-order chi connectivity index (χ1) is 10.0. The molecule has 2 rings (SSSR count). The summed E-state index contributed by atoms with van der Waals surface area (Å²) in [7, 11) is 0. The molecule has 0 aliphatic carbocycles. The maximum atomic E-state index is 14.0. The van der Waals surface area contributed by atoms with Gasteiger partial charge in [0.15, 0.2) is 12.4 Å². The summed E-state index contributed by atoms with van der Waals surface area (Å²) in [6.07, 6.45) is 0.301. The van der Waals surface area contributed by atoms with Crippen molar-refractivity contribution in [1.29, 1.82) is 0 Å². The minimum atomic E-state index is -3.11. The number of Topliss-reactive ketones (excluding diaryl/α,β-unsaturated/α-hetero) is 1. The van der Waals surface area contributed by atoms with Gasteiger partial charge < -0.3 is 4.74 Å². The Kier molecular flexibility index (Phi) is 4.68. The molecule has 0 bridgehead atoms. The van der Waals surface area contributed by atoms with E-state index in [-0.39, 0.29) is 17.1 Å². The van der Waals surface area contributed by atoms with E-state index >= 15 is 0 Å². The third-order valence-corrected chi connectivity index (χ3v) is 3.11. The number of alkyl halides is 2. The lowest BCUT2D eigenvalue weighted by Crippen LogP contribution is -2.23. The Morgan fingerprint density at radius 3 is 2.33 bits per heavy atom. The van der Waals surface area contributed by atoms with Crippen LogP contribution in [0.1, 0.15) is 29.3 Å². The third-order valence-electron chi connectivity index (χ3n) is 3.11. The van der Waals surface area contributed by atoms with Crippen molar-refractivity contribution >= 4 is 5.78 Å². The summed E-state index contributed by atoms with van der Waals surface area (Å²) in [6.45, 7) is 0.919. The van der Waals surface area contributed by atoms with Gasteiger partial charge in [0.05, 0.1) is 5.56 Å². The van der Waals surface area contributed by atoms with Gasteiger partial charge in [0.25, 0.3) is 0 Å². The number of ketones is 1. The summed E-state index contributed by atoms with van der Waals surface area (Å²) in [5.74, 6) is -3.04. The fourth-order valence-electron chi connectivity index (χ4n) is 1.95. The van der Waals surface area contributed by atoms with Crippen LogP contribution in [0.15, 0.2) is 54.6 Å². The van der Waals surface area contributed by atoms with Crippen molar-refractivity contribution in [3.8, 4) is 5.75 Å². The molecule has 0 N–H and O–H groups in total. The number of para-hydroxylation sites is 1. The minimum Gasteiger partial charge on any atom is -0.486 e. The van der Waals surface area contributed by atoms with Crippen LogP contribution in [-0.2, 0) is 5.92 Å². The molecule has 0 amide bonds. The van der Waals surface area contributed by atoms with Crippen LogP contribution in [0.3, 0.4) is 0 Å². The zero-order valence-corrected chi connectivity index (χ0v) is 11.7. The van der Waals surface area contributed by atoms with Crippen molar-refractivity contribution in [2.24, 2.45) is 0 Å². The molecule has 2 aromatic rings. The molecule has 0 atom stereocenters. The Morgan fingerprint density at radius 2 is 1.67 bits per heavy atom. The fraction of sp³-hybridized carbons (Fsp3) is 0.235. The van der Waals surface area contributed by atoms with Crippen LogP contribution >= 0.6 is 0 Å². The predicted molar refractivity (Wildman–Crippen MR) is 76.9 cm³/mol. The van der Waals surface area contributed by atoms with E-state index in [4.69, 9.17) is 4.74 Å². The molecule has 0 aliphatic rings. The van der Waals surface area contributed by atoms with Gasteiger partial charge >= 0.3 is 5.92 Å². The SMILES string of the molecule is CCC(=O)c1ccccc1OCC(F)(F)c1ccccc1. The molecule has 0 aliphatic heterocycles. The second-order valence-electron chi connectivity index (χ2n) is 4.63. The molecule has 2 nitrogen and oxygen atoms in total. The van der Waals surface area contributed by atoms with Crippen molar-refractivity contribution < 1.29 is 18.3 Å². The van der Waals surface area contributed by atoms with Gasteiger partial charge in [0.1, 0.15) is 5.75 Å². The highest BCUT2D eigenvalue weighted by Gasteiger charge is 2.32. The van der Waals surface area contributed by atoms with E-state index in [9.17, 15) is 13.6 Å². The second-order valence-corrected chi connectivity index (χ2v) is 4.63. The topological polar surface area (TPSA) is 26.3 Å². The van der Waals surface area contributed by atoms with Crippen LogP contribution in [0.25, 0.3) is 0 Å². The Labute approximate surface area is 122 Å². The smallest absolute Gasteiger partial charge is 0.306 e. The number of hydrogen-bond acceptors (Lipinski definition) is 2. The molecule has 0 fully saturated rings. The Hall–Kier alpha value is -2.23. The standard InChI is InChI=1S/C17H16F2O2/c1-2-15(20)14-10-6-7-11-16(14)21-12-17(18,19)13-8-4-3-5-9-13/h3-11H,2,12H2,1H3. The Bertz CT molecular complexity index is 609. The highest BCUT2D eigenvalue weighted by atomic mass is 19.3. The van der Waals surface area contributed by atoms with Crippen LogP contribution in [0.5, 0.6) is 5.75 Å². The molecule has 2 aromatic carbocycles. The van der Waals surface area contributed by atoms with E-state index in [0.29, 0.717) is 12.0 Å². The van der Waals surface area contributed by atoms with Gasteiger partial charge in [-0.2, -0.15) is 8.78 Å². The van der Waals surface area contributed by atoms with E-state index in [1.807, 2.05) is 0 Å². The van der Waals surface area contributed by atoms with Crippen molar-refractivity contribution in [2.75, 3.05) is 6.61 Å². The van der Waals surface area contributed by atoms with Crippen LogP contribution in [0, 0.1) is 0 Å². The highest BCUT2D eigenvalue weighted by Crippen LogP contribution is 2.29. The second kappa shape index (κ2) is 6.48. The number of ether oxygens (including phenoxy) is 1. The molecule has 0 spiro atoms. The van der Waals surface area contributed by atoms with Crippen LogP contribution in [-0.4, -0.2) is 12.4 Å². The van der Waals surface area contributed by atoms with E-state index in [1.54, 1.807) is 43.3 Å². The molecule has 110 valence electrons. The van der Waals surface area contributed by atoms with Crippen molar-refractivity contribution in [2.45, 2.75) is 19.3 Å². The lowest BCUT2D eigenvalue weighted by molar-refractivity contribution is -0.0468. The zero-order valence-electron chi connectivity index (χ0n) is 11.7. The van der Waals surface area contributed by atoms with E-state index < -0.39 is 12.5 Å². The van der Waals surface area contributed by atoms with Gasteiger partial charge in [-0.1, -0.05) is 49.4 Å². The van der Waals surface area contributed by atoms with Crippen LogP contribution < -0.4 is 4.74 Å². The third kappa shape index (κ3) is 3.66. The lowest BCUT2D eigenvalue weighted by atomic mass is 10.1. The molecule has 0 saturated carbocycles. The fourth-order valence-corrected chi connectivity index (χ4v) is 1.95. The van der Waals surface area contributed by atoms with Crippen molar-refractivity contribution in [3.63, 3.8) is 0 Å². The first kappa shape index (κ1) is 15.2. The molecule has 4 heteroatoms. The first-order valence-electron chi connectivity index (χ1n) is 6.73. The van der Waals surface area contributed by atoms with Gasteiger partial charge in [-0.25, -0.2) is 0 Å². The summed E-state index contributed by atoms with van der Waals surface area (Å²) in [6, 6.07) is 13.9. The Balaban J connectivity index is 2.15. The number of carbonyl (C=O) groups excluding carboxylic acids is 1. The largest absolute Gasteiger partial charge is 0.486 e. The molecule has 0 aromatic heterocycles. The minimum absolute atomic E-state index is 0.107. The molecule has 21 heavy (non-hydrogen) atoms. The maximum absolute atomic E-state index is 14.0. The number of hydrogen-bond donors (Lipinski definition) is 0. The van der Waals surface area contributed by atoms with Gasteiger partial charge in [-0.3, -0.25) is 4.79 Å². The summed E-state index contributed by atoms with van der Waals surface area (Å²) in [4.78, 5) is 11.8. The molecule has 0 saturated heterocycles. The average Bonchev–Trinajstić information content (AvgIpc) is 2.53. The van der Waals surface area contributed by atoms with E-state index in [1.165, 1.54) is 18.2 Å². The van der Waals surface area contributed by atoms with Gasteiger partial charge in [-0.05, 0) is 12.1 Å². The van der Waals surface area contributed by atoms with E-state index in [2.05, 4.69) is 0 Å². The molecule has 0 heterocycles. The van der Waals surface area contributed by atoms with Crippen LogP contribution in [0.2, 0.25) is 0 Å². The molecular formula is C17H16F2O2. The number of carbonyl (C=O) groups is 1. The molecule has 0 radical (unpaired) electrons. The Morgan fingerprint density at radius 1 is 1.05 bits per heavy atom. The quantitative estimate of drug-likeness (QED) is 0.735. The summed E-state index contributed by atoms with van der Waals surface area (Å²) < 4.78 is 33.3. The summed E-state index contributed by atoms with van der Waals surface area (Å²) in [5, 5.41) is 0. The van der Waals surface area contributed by atoms with Gasteiger partial charge in [0, 0.05) is 12.0 Å². The van der Waals surface area contributed by atoms with Gasteiger partial charge in [0.2, 0.25) is 0 Å². The van der Waals surface area contributed by atoms with Crippen molar-refractivity contribution in [1.82, 2.24) is 0 Å². The predicted octanol–water partition coefficient (Wildman–Crippen LogP) is 4.45. The van der Waals surface area contributed by atoms with Gasteiger partial charge in [-0.15, -0.1) is 0 Å². The van der Waals surface area contributed by atoms with Crippen molar-refractivity contribution in [3.05, 3.63) is 65.7 Å². The molecular weight excluding hydrogens is 274 g/mol. The normalized spacial score (nSPS) is 11.2. The number of benzene rings is 2. The zero-order chi connectivity index (χ0) is 15.3. The number of rotatable bonds is 6. The number of halogens is 2. The maximum Gasteiger partial charge on any atom is 0.306 e. The molecule has 0 unspecified atom stereocenters. The summed E-state index contributed by atoms with van der Waals surface area (Å²) >= 11 is 0. The lowest BCUT2D eigenvalue weighted by Gasteiger charge is -2.18. The van der Waals surface area contributed by atoms with Crippen LogP contribution in [0.4, 0.5) is 8.78 Å².